The van der Waals surface area contributed by atoms with Crippen molar-refractivity contribution in [2.24, 2.45) is 5.73 Å². The van der Waals surface area contributed by atoms with Gasteiger partial charge in [-0.15, -0.1) is 0 Å². The first-order valence-corrected chi connectivity index (χ1v) is 7.65. The van der Waals surface area contributed by atoms with Gasteiger partial charge in [0, 0.05) is 11.8 Å². The molecular weight excluding hydrogens is 356 g/mol. The third-order valence-corrected chi connectivity index (χ3v) is 3.35. The number of nitrogens with two attached hydrogens (primary N) is 1. The van der Waals surface area contributed by atoms with E-state index < -0.39 is 29.4 Å². The molecule has 0 aliphatic heterocycles. The van der Waals surface area contributed by atoms with Gasteiger partial charge in [-0.05, 0) is 42.8 Å². The van der Waals surface area contributed by atoms with Gasteiger partial charge in [0.05, 0.1) is 10.5 Å². The lowest BCUT2D eigenvalue weighted by atomic mass is 10.2. The fourth-order valence-corrected chi connectivity index (χ4v) is 2.13. The van der Waals surface area contributed by atoms with Gasteiger partial charge in [-0.1, -0.05) is 6.07 Å². The highest BCUT2D eigenvalue weighted by Crippen LogP contribution is 2.25. The number of urea groups is 1. The number of amides is 3. The average Bonchev–Trinajstić information content (AvgIpc) is 2.61. The Hall–Kier alpha value is -3.95. The maximum Gasteiger partial charge on any atom is 0.338 e. The van der Waals surface area contributed by atoms with Crippen LogP contribution in [0.2, 0.25) is 0 Å². The lowest BCUT2D eigenvalue weighted by molar-refractivity contribution is -0.384. The molecule has 2 rings (SSSR count). The zero-order valence-electron chi connectivity index (χ0n) is 14.2. The Morgan fingerprint density at radius 3 is 2.37 bits per heavy atom. The van der Waals surface area contributed by atoms with Gasteiger partial charge >= 0.3 is 12.0 Å². The molecular formula is C17H16N4O6. The van der Waals surface area contributed by atoms with Crippen LogP contribution < -0.4 is 16.4 Å². The highest BCUT2D eigenvalue weighted by molar-refractivity contribution is 5.97. The standard InChI is InChI=1S/C17H16N4O6/c1-10-2-7-13(14(8-10)21(25)26)20-15(22)9-27-16(23)11-3-5-12(6-4-11)19-17(18)24/h2-8H,9H2,1H3,(H,20,22)(H3,18,19,24). The number of rotatable bonds is 6. The molecule has 0 bridgehead atoms. The van der Waals surface area contributed by atoms with Crippen LogP contribution in [0.15, 0.2) is 42.5 Å². The van der Waals surface area contributed by atoms with Crippen molar-refractivity contribution in [3.05, 3.63) is 63.7 Å². The van der Waals surface area contributed by atoms with E-state index in [9.17, 15) is 24.5 Å². The van der Waals surface area contributed by atoms with Crippen LogP contribution in [0.25, 0.3) is 0 Å². The normalized spacial score (nSPS) is 9.96. The smallest absolute Gasteiger partial charge is 0.338 e. The summed E-state index contributed by atoms with van der Waals surface area (Å²) < 4.78 is 4.87. The van der Waals surface area contributed by atoms with Crippen molar-refractivity contribution >= 4 is 35.0 Å². The largest absolute Gasteiger partial charge is 0.452 e. The molecule has 0 heterocycles. The number of hydrogen-bond acceptors (Lipinski definition) is 6. The number of aryl methyl sites for hydroxylation is 1. The molecule has 0 aromatic heterocycles. The summed E-state index contributed by atoms with van der Waals surface area (Å²) in [6.45, 7) is 1.07. The number of anilines is 2. The van der Waals surface area contributed by atoms with Crippen LogP contribution in [0.1, 0.15) is 15.9 Å². The molecule has 2 aromatic rings. The van der Waals surface area contributed by atoms with E-state index in [1.54, 1.807) is 13.0 Å². The Morgan fingerprint density at radius 1 is 1.11 bits per heavy atom. The average molecular weight is 372 g/mol. The number of nitro benzene ring substituents is 1. The minimum atomic E-state index is -0.769. The van der Waals surface area contributed by atoms with E-state index in [-0.39, 0.29) is 16.9 Å². The van der Waals surface area contributed by atoms with Crippen LogP contribution in [-0.4, -0.2) is 29.4 Å². The van der Waals surface area contributed by atoms with Crippen molar-refractivity contribution < 1.29 is 24.0 Å². The Labute approximate surface area is 153 Å². The van der Waals surface area contributed by atoms with Crippen molar-refractivity contribution in [2.45, 2.75) is 6.92 Å². The van der Waals surface area contributed by atoms with E-state index in [0.29, 0.717) is 11.3 Å². The maximum atomic E-state index is 11.9. The van der Waals surface area contributed by atoms with E-state index in [1.165, 1.54) is 36.4 Å². The number of hydrogen-bond donors (Lipinski definition) is 3. The Bertz CT molecular complexity index is 895. The Kier molecular flexibility index (Phi) is 6.05. The first-order chi connectivity index (χ1) is 12.8. The third-order valence-electron chi connectivity index (χ3n) is 3.35. The molecule has 10 nitrogen and oxygen atoms in total. The molecule has 2 aromatic carbocycles. The summed E-state index contributed by atoms with van der Waals surface area (Å²) in [5.74, 6) is -1.49. The second-order valence-electron chi connectivity index (χ2n) is 5.47. The van der Waals surface area contributed by atoms with Gasteiger partial charge in [0.25, 0.3) is 11.6 Å². The quantitative estimate of drug-likeness (QED) is 0.401. The molecule has 4 N–H and O–H groups in total. The molecule has 27 heavy (non-hydrogen) atoms. The number of esters is 1. The summed E-state index contributed by atoms with van der Waals surface area (Å²) in [4.78, 5) is 45.0. The molecule has 0 aliphatic rings. The minimum absolute atomic E-state index is 0.00790. The van der Waals surface area contributed by atoms with Gasteiger partial charge < -0.3 is 21.1 Å². The first kappa shape index (κ1) is 19.4. The number of ether oxygens (including phenoxy) is 1. The highest BCUT2D eigenvalue weighted by atomic mass is 16.6. The molecule has 0 radical (unpaired) electrons. The van der Waals surface area contributed by atoms with E-state index in [2.05, 4.69) is 10.6 Å². The SMILES string of the molecule is Cc1ccc(NC(=O)COC(=O)c2ccc(NC(N)=O)cc2)c([N+](=O)[O-])c1. The third kappa shape index (κ3) is 5.53. The number of nitrogens with zero attached hydrogens (tertiary/aromatic N) is 1. The van der Waals surface area contributed by atoms with Gasteiger partial charge in [-0.25, -0.2) is 9.59 Å². The summed E-state index contributed by atoms with van der Waals surface area (Å²) in [7, 11) is 0. The Balaban J connectivity index is 1.94. The molecule has 0 saturated carbocycles. The maximum absolute atomic E-state index is 11.9. The van der Waals surface area contributed by atoms with E-state index in [1.807, 2.05) is 0 Å². The molecule has 0 atom stereocenters. The number of benzene rings is 2. The van der Waals surface area contributed by atoms with E-state index in [0.717, 1.165) is 0 Å². The van der Waals surface area contributed by atoms with Crippen LogP contribution in [-0.2, 0) is 9.53 Å². The molecule has 0 spiro atoms. The predicted molar refractivity (Wildman–Crippen MR) is 96.4 cm³/mol. The van der Waals surface area contributed by atoms with Crippen LogP contribution in [0.4, 0.5) is 21.9 Å². The molecule has 140 valence electrons. The topological polar surface area (TPSA) is 154 Å². The molecule has 0 unspecified atom stereocenters. The van der Waals surface area contributed by atoms with Crippen molar-refractivity contribution in [1.82, 2.24) is 0 Å². The summed E-state index contributed by atoms with van der Waals surface area (Å²) in [6, 6.07) is 9.24. The van der Waals surface area contributed by atoms with Crippen LogP contribution in [0, 0.1) is 17.0 Å². The van der Waals surface area contributed by atoms with E-state index in [4.69, 9.17) is 10.5 Å². The second kappa shape index (κ2) is 8.43. The number of nitrogens with one attached hydrogen (secondary N) is 2. The van der Waals surface area contributed by atoms with Crippen molar-refractivity contribution in [3.8, 4) is 0 Å². The molecule has 0 fully saturated rings. The molecule has 0 aliphatic carbocycles. The van der Waals surface area contributed by atoms with Gasteiger partial charge in [-0.2, -0.15) is 0 Å². The van der Waals surface area contributed by atoms with Crippen LogP contribution in [0.3, 0.4) is 0 Å². The zero-order valence-corrected chi connectivity index (χ0v) is 14.2. The summed E-state index contributed by atoms with van der Waals surface area (Å²) in [5, 5.41) is 15.7. The molecule has 10 heteroatoms. The predicted octanol–water partition coefficient (Wildman–Crippen LogP) is 2.19. The molecule has 3 amide bonds. The lowest BCUT2D eigenvalue weighted by Crippen LogP contribution is -2.21. The summed E-state index contributed by atoms with van der Waals surface area (Å²) >= 11 is 0. The molecule has 0 saturated heterocycles. The first-order valence-electron chi connectivity index (χ1n) is 7.65. The second-order valence-corrected chi connectivity index (χ2v) is 5.47. The fourth-order valence-electron chi connectivity index (χ4n) is 2.13. The number of carbonyl (C=O) groups is 3. The summed E-state index contributed by atoms with van der Waals surface area (Å²) in [5.41, 5.74) is 5.94. The minimum Gasteiger partial charge on any atom is -0.452 e. The van der Waals surface area contributed by atoms with Crippen LogP contribution in [0.5, 0.6) is 0 Å². The fraction of sp³-hybridized carbons (Fsp3) is 0.118. The number of primary amides is 1. The van der Waals surface area contributed by atoms with E-state index >= 15 is 0 Å². The zero-order chi connectivity index (χ0) is 20.0. The van der Waals surface area contributed by atoms with Crippen molar-refractivity contribution in [1.29, 1.82) is 0 Å². The van der Waals surface area contributed by atoms with Gasteiger partial charge in [0.1, 0.15) is 5.69 Å². The monoisotopic (exact) mass is 372 g/mol. The van der Waals surface area contributed by atoms with Gasteiger partial charge in [-0.3, -0.25) is 14.9 Å². The number of nitro groups is 1. The van der Waals surface area contributed by atoms with Gasteiger partial charge in [0.15, 0.2) is 6.61 Å². The van der Waals surface area contributed by atoms with Crippen molar-refractivity contribution in [2.75, 3.05) is 17.2 Å². The highest BCUT2D eigenvalue weighted by Gasteiger charge is 2.17. The summed E-state index contributed by atoms with van der Waals surface area (Å²) in [6.07, 6.45) is 0. The Morgan fingerprint density at radius 2 is 1.78 bits per heavy atom. The number of carbonyl (C=O) groups excluding carboxylic acids is 3. The van der Waals surface area contributed by atoms with Crippen molar-refractivity contribution in [3.63, 3.8) is 0 Å². The lowest BCUT2D eigenvalue weighted by Gasteiger charge is -2.08. The van der Waals surface area contributed by atoms with Crippen LogP contribution >= 0.6 is 0 Å². The van der Waals surface area contributed by atoms with Gasteiger partial charge in [0.2, 0.25) is 0 Å².